The molecule has 2 aromatic carbocycles. The highest BCUT2D eigenvalue weighted by molar-refractivity contribution is 9.10. The van der Waals surface area contributed by atoms with Crippen LogP contribution in [0.25, 0.3) is 0 Å². The maximum atomic E-state index is 5.97. The number of methoxy groups -OCH3 is 1. The zero-order chi connectivity index (χ0) is 18.8. The lowest BCUT2D eigenvalue weighted by Gasteiger charge is -2.15. The Hall–Kier alpha value is -0.940. The minimum Gasteiger partial charge on any atom is -0.493 e. The Morgan fingerprint density at radius 3 is 2.44 bits per heavy atom. The van der Waals surface area contributed by atoms with E-state index >= 15 is 0 Å². The SMILES string of the molecule is CCCCCCNCc1cc(Br)c(OCc2ccc(Cl)cc2)c(OC)c1.Cl. The van der Waals surface area contributed by atoms with Gasteiger partial charge in [0.15, 0.2) is 11.5 Å². The molecular formula is C21H28BrCl2NO2. The van der Waals surface area contributed by atoms with E-state index in [2.05, 4.69) is 34.2 Å². The molecule has 0 amide bonds. The van der Waals surface area contributed by atoms with E-state index in [0.717, 1.165) is 33.9 Å². The summed E-state index contributed by atoms with van der Waals surface area (Å²) in [4.78, 5) is 0. The Morgan fingerprint density at radius 1 is 1.04 bits per heavy atom. The highest BCUT2D eigenvalue weighted by Gasteiger charge is 2.12. The van der Waals surface area contributed by atoms with Gasteiger partial charge in [0.1, 0.15) is 6.61 Å². The third kappa shape index (κ3) is 8.30. The van der Waals surface area contributed by atoms with Gasteiger partial charge in [0.25, 0.3) is 0 Å². The first kappa shape index (κ1) is 24.1. The fraction of sp³-hybridized carbons (Fsp3) is 0.429. The van der Waals surface area contributed by atoms with Crippen LogP contribution in [0.3, 0.4) is 0 Å². The summed E-state index contributed by atoms with van der Waals surface area (Å²) in [7, 11) is 1.67. The lowest BCUT2D eigenvalue weighted by molar-refractivity contribution is 0.282. The molecule has 0 saturated carbocycles. The van der Waals surface area contributed by atoms with Gasteiger partial charge in [0.05, 0.1) is 11.6 Å². The average Bonchev–Trinajstić information content (AvgIpc) is 2.64. The number of nitrogens with one attached hydrogen (secondary N) is 1. The van der Waals surface area contributed by atoms with Crippen LogP contribution >= 0.6 is 39.9 Å². The van der Waals surface area contributed by atoms with Crippen molar-refractivity contribution < 1.29 is 9.47 Å². The fourth-order valence-corrected chi connectivity index (χ4v) is 3.39. The van der Waals surface area contributed by atoms with E-state index in [4.69, 9.17) is 21.1 Å². The van der Waals surface area contributed by atoms with Crippen LogP contribution < -0.4 is 14.8 Å². The van der Waals surface area contributed by atoms with Crippen molar-refractivity contribution >= 4 is 39.9 Å². The molecule has 2 aromatic rings. The summed E-state index contributed by atoms with van der Waals surface area (Å²) in [6, 6.07) is 11.8. The Kier molecular flexibility index (Phi) is 11.8. The van der Waals surface area contributed by atoms with E-state index in [1.807, 2.05) is 30.3 Å². The molecule has 27 heavy (non-hydrogen) atoms. The molecule has 2 rings (SSSR count). The van der Waals surface area contributed by atoms with Gasteiger partial charge in [-0.05, 0) is 64.3 Å². The van der Waals surface area contributed by atoms with Gasteiger partial charge in [0.2, 0.25) is 0 Å². The molecule has 6 heteroatoms. The predicted octanol–water partition coefficient (Wildman–Crippen LogP) is 6.78. The third-order valence-corrected chi connectivity index (χ3v) is 4.96. The van der Waals surface area contributed by atoms with E-state index in [1.54, 1.807) is 7.11 Å². The number of rotatable bonds is 11. The first-order chi connectivity index (χ1) is 12.6. The highest BCUT2D eigenvalue weighted by Crippen LogP contribution is 2.37. The predicted molar refractivity (Wildman–Crippen MR) is 120 cm³/mol. The van der Waals surface area contributed by atoms with Crippen LogP contribution in [0.2, 0.25) is 5.02 Å². The summed E-state index contributed by atoms with van der Waals surface area (Å²) < 4.78 is 12.4. The minimum atomic E-state index is 0. The van der Waals surface area contributed by atoms with E-state index in [0.29, 0.717) is 12.4 Å². The first-order valence-corrected chi connectivity index (χ1v) is 10.3. The number of halogens is 3. The van der Waals surface area contributed by atoms with Gasteiger partial charge in [-0.3, -0.25) is 0 Å². The van der Waals surface area contributed by atoms with Crippen molar-refractivity contribution in [2.75, 3.05) is 13.7 Å². The monoisotopic (exact) mass is 475 g/mol. The second kappa shape index (κ2) is 13.3. The van der Waals surface area contributed by atoms with Gasteiger partial charge in [-0.1, -0.05) is 49.9 Å². The van der Waals surface area contributed by atoms with Crippen molar-refractivity contribution in [1.29, 1.82) is 0 Å². The first-order valence-electron chi connectivity index (χ1n) is 9.08. The molecule has 0 aliphatic heterocycles. The molecule has 0 spiro atoms. The Balaban J connectivity index is 0.00000364. The molecule has 0 radical (unpaired) electrons. The van der Waals surface area contributed by atoms with Gasteiger partial charge >= 0.3 is 0 Å². The molecule has 1 N–H and O–H groups in total. The summed E-state index contributed by atoms with van der Waals surface area (Å²) in [5.74, 6) is 1.45. The summed E-state index contributed by atoms with van der Waals surface area (Å²) >= 11 is 9.54. The molecule has 0 saturated heterocycles. The van der Waals surface area contributed by atoms with E-state index in [1.165, 1.54) is 31.2 Å². The molecule has 150 valence electrons. The summed E-state index contributed by atoms with van der Waals surface area (Å²) in [6.45, 7) is 4.54. The van der Waals surface area contributed by atoms with Gasteiger partial charge in [0, 0.05) is 11.6 Å². The molecule has 0 heterocycles. The lowest BCUT2D eigenvalue weighted by Crippen LogP contribution is -2.14. The largest absolute Gasteiger partial charge is 0.493 e. The molecule has 0 aliphatic carbocycles. The Morgan fingerprint density at radius 2 is 1.78 bits per heavy atom. The van der Waals surface area contributed by atoms with Crippen molar-refractivity contribution in [3.8, 4) is 11.5 Å². The zero-order valence-corrected chi connectivity index (χ0v) is 19.1. The molecule has 3 nitrogen and oxygen atoms in total. The summed E-state index contributed by atoms with van der Waals surface area (Å²) in [5, 5.41) is 4.21. The van der Waals surface area contributed by atoms with Crippen LogP contribution in [-0.4, -0.2) is 13.7 Å². The van der Waals surface area contributed by atoms with E-state index < -0.39 is 0 Å². The van der Waals surface area contributed by atoms with Crippen molar-refractivity contribution in [3.63, 3.8) is 0 Å². The lowest BCUT2D eigenvalue weighted by atomic mass is 10.2. The van der Waals surface area contributed by atoms with Crippen LogP contribution in [0.1, 0.15) is 43.7 Å². The van der Waals surface area contributed by atoms with Crippen LogP contribution in [-0.2, 0) is 13.2 Å². The Labute approximate surface area is 182 Å². The van der Waals surface area contributed by atoms with Crippen molar-refractivity contribution in [1.82, 2.24) is 5.32 Å². The van der Waals surface area contributed by atoms with Crippen LogP contribution in [0.4, 0.5) is 0 Å². The van der Waals surface area contributed by atoms with Crippen molar-refractivity contribution in [2.45, 2.75) is 45.8 Å². The molecule has 0 fully saturated rings. The van der Waals surface area contributed by atoms with E-state index in [-0.39, 0.29) is 12.4 Å². The number of hydrogen-bond donors (Lipinski definition) is 1. The standard InChI is InChI=1S/C21H27BrClNO2.ClH/c1-3-4-5-6-11-24-14-17-12-19(22)21(20(13-17)25-2)26-15-16-7-9-18(23)10-8-16;/h7-10,12-13,24H,3-6,11,14-15H2,1-2H3;1H. The van der Waals surface area contributed by atoms with Gasteiger partial charge in [-0.15, -0.1) is 12.4 Å². The third-order valence-electron chi connectivity index (χ3n) is 4.12. The summed E-state index contributed by atoms with van der Waals surface area (Å²) in [5.41, 5.74) is 2.23. The zero-order valence-electron chi connectivity index (χ0n) is 15.9. The maximum Gasteiger partial charge on any atom is 0.175 e. The quantitative estimate of drug-likeness (QED) is 0.362. The molecule has 0 aromatic heterocycles. The highest BCUT2D eigenvalue weighted by atomic mass is 79.9. The smallest absolute Gasteiger partial charge is 0.175 e. The summed E-state index contributed by atoms with van der Waals surface area (Å²) in [6.07, 6.45) is 5.07. The molecule has 0 bridgehead atoms. The van der Waals surface area contributed by atoms with Gasteiger partial charge in [-0.2, -0.15) is 0 Å². The van der Waals surface area contributed by atoms with Crippen molar-refractivity contribution in [3.05, 3.63) is 57.0 Å². The number of unbranched alkanes of at least 4 members (excludes halogenated alkanes) is 3. The van der Waals surface area contributed by atoms with Crippen LogP contribution in [0, 0.1) is 0 Å². The van der Waals surface area contributed by atoms with Crippen LogP contribution in [0.5, 0.6) is 11.5 Å². The van der Waals surface area contributed by atoms with Gasteiger partial charge in [-0.25, -0.2) is 0 Å². The molecule has 0 aliphatic rings. The van der Waals surface area contributed by atoms with E-state index in [9.17, 15) is 0 Å². The number of benzene rings is 2. The molecule has 0 atom stereocenters. The topological polar surface area (TPSA) is 30.5 Å². The number of hydrogen-bond acceptors (Lipinski definition) is 3. The Bertz CT molecular complexity index is 681. The number of ether oxygens (including phenoxy) is 2. The minimum absolute atomic E-state index is 0. The molecule has 0 unspecified atom stereocenters. The van der Waals surface area contributed by atoms with Crippen LogP contribution in [0.15, 0.2) is 40.9 Å². The fourth-order valence-electron chi connectivity index (χ4n) is 2.66. The normalized spacial score (nSPS) is 10.4. The second-order valence-corrected chi connectivity index (χ2v) is 7.55. The van der Waals surface area contributed by atoms with Gasteiger partial charge < -0.3 is 14.8 Å². The second-order valence-electron chi connectivity index (χ2n) is 6.26. The van der Waals surface area contributed by atoms with Crippen molar-refractivity contribution in [2.24, 2.45) is 0 Å². The molecular weight excluding hydrogens is 449 g/mol. The average molecular weight is 477 g/mol. The maximum absolute atomic E-state index is 5.97.